The molecule has 0 spiro atoms. The van der Waals surface area contributed by atoms with Gasteiger partial charge in [0.25, 0.3) is 7.52 Å². The van der Waals surface area contributed by atoms with Crippen LogP contribution < -0.4 is 0 Å². The van der Waals surface area contributed by atoms with Crippen molar-refractivity contribution in [3.05, 3.63) is 0 Å². The van der Waals surface area contributed by atoms with Crippen molar-refractivity contribution < 1.29 is 9.09 Å². The maximum atomic E-state index is 11.9. The molecule has 0 aromatic heterocycles. The minimum absolute atomic E-state index is 0.0236. The van der Waals surface area contributed by atoms with E-state index in [1.165, 1.54) is 7.11 Å². The smallest absolute Gasteiger partial charge is 0.272 e. The molecule has 0 saturated carbocycles. The number of hydrogen-bond acceptors (Lipinski definition) is 2. The van der Waals surface area contributed by atoms with E-state index in [2.05, 4.69) is 5.92 Å². The van der Waals surface area contributed by atoms with Gasteiger partial charge in [0.05, 0.1) is 6.04 Å². The number of terminal acetylenes is 1. The zero-order valence-corrected chi connectivity index (χ0v) is 8.38. The molecule has 0 aromatic rings. The molecular weight excluding hydrogens is 173 g/mol. The molecule has 12 heavy (non-hydrogen) atoms. The largest absolute Gasteiger partial charge is 0.321 e. The van der Waals surface area contributed by atoms with Crippen LogP contribution in [0.3, 0.4) is 0 Å². The second kappa shape index (κ2) is 3.62. The SMILES string of the molecule is C#CC1CCCP(=O)(OC)N1C. The highest BCUT2D eigenvalue weighted by Crippen LogP contribution is 2.53. The highest BCUT2D eigenvalue weighted by atomic mass is 31.2. The molecule has 0 amide bonds. The first-order chi connectivity index (χ1) is 5.64. The van der Waals surface area contributed by atoms with Gasteiger partial charge in [0, 0.05) is 13.3 Å². The van der Waals surface area contributed by atoms with Gasteiger partial charge in [-0.2, -0.15) is 0 Å². The van der Waals surface area contributed by atoms with E-state index in [4.69, 9.17) is 10.9 Å². The van der Waals surface area contributed by atoms with E-state index >= 15 is 0 Å². The van der Waals surface area contributed by atoms with Crippen LogP contribution >= 0.6 is 7.52 Å². The maximum Gasteiger partial charge on any atom is 0.272 e. The third-order valence-electron chi connectivity index (χ3n) is 2.33. The van der Waals surface area contributed by atoms with E-state index in [-0.39, 0.29) is 6.04 Å². The fourth-order valence-corrected chi connectivity index (χ4v) is 3.40. The molecule has 2 atom stereocenters. The van der Waals surface area contributed by atoms with Crippen LogP contribution in [-0.4, -0.2) is 31.0 Å². The number of nitrogens with zero attached hydrogens (tertiary/aromatic N) is 1. The van der Waals surface area contributed by atoms with E-state index in [1.807, 2.05) is 0 Å². The van der Waals surface area contributed by atoms with Crippen LogP contribution in [0.1, 0.15) is 12.8 Å². The van der Waals surface area contributed by atoms with Gasteiger partial charge in [-0.3, -0.25) is 4.57 Å². The third kappa shape index (κ3) is 1.56. The molecule has 0 aliphatic carbocycles. The average molecular weight is 187 g/mol. The van der Waals surface area contributed by atoms with Gasteiger partial charge in [0.2, 0.25) is 0 Å². The topological polar surface area (TPSA) is 29.5 Å². The molecule has 0 bridgehead atoms. The van der Waals surface area contributed by atoms with E-state index in [1.54, 1.807) is 11.7 Å². The van der Waals surface area contributed by atoms with Gasteiger partial charge in [-0.1, -0.05) is 5.92 Å². The Labute approximate surface area is 73.6 Å². The van der Waals surface area contributed by atoms with E-state index in [0.29, 0.717) is 6.16 Å². The third-order valence-corrected chi connectivity index (χ3v) is 5.02. The van der Waals surface area contributed by atoms with Crippen LogP contribution in [0, 0.1) is 12.3 Å². The summed E-state index contributed by atoms with van der Waals surface area (Å²) in [4.78, 5) is 0. The normalized spacial score (nSPS) is 37.6. The van der Waals surface area contributed by atoms with E-state index < -0.39 is 7.52 Å². The lowest BCUT2D eigenvalue weighted by molar-refractivity contribution is 0.286. The summed E-state index contributed by atoms with van der Waals surface area (Å²) in [7, 11) is 0.687. The van der Waals surface area contributed by atoms with E-state index in [9.17, 15) is 4.57 Å². The predicted molar refractivity (Wildman–Crippen MR) is 49.1 cm³/mol. The van der Waals surface area contributed by atoms with Gasteiger partial charge < -0.3 is 4.52 Å². The minimum atomic E-state index is -2.57. The van der Waals surface area contributed by atoms with Crippen molar-refractivity contribution >= 4 is 7.52 Å². The number of hydrogen-bond donors (Lipinski definition) is 0. The fraction of sp³-hybridized carbons (Fsp3) is 0.750. The van der Waals surface area contributed by atoms with Crippen molar-refractivity contribution in [2.75, 3.05) is 20.3 Å². The molecule has 68 valence electrons. The monoisotopic (exact) mass is 187 g/mol. The molecule has 3 nitrogen and oxygen atoms in total. The molecule has 4 heteroatoms. The Balaban J connectivity index is 2.80. The zero-order chi connectivity index (χ0) is 9.19. The summed E-state index contributed by atoms with van der Waals surface area (Å²) in [5, 5.41) is 0. The Morgan fingerprint density at radius 2 is 2.42 bits per heavy atom. The Hall–Kier alpha value is -0.290. The molecule has 0 aromatic carbocycles. The fourth-order valence-electron chi connectivity index (χ4n) is 1.45. The standard InChI is InChI=1S/C8H14NO2P/c1-4-8-6-5-7-12(10,11-3)9(8)2/h1,8H,5-7H2,2-3H3. The Morgan fingerprint density at radius 1 is 1.75 bits per heavy atom. The lowest BCUT2D eigenvalue weighted by Crippen LogP contribution is -2.33. The summed E-state index contributed by atoms with van der Waals surface area (Å²) in [5.41, 5.74) is 0. The van der Waals surface area contributed by atoms with E-state index in [0.717, 1.165) is 12.8 Å². The summed E-state index contributed by atoms with van der Waals surface area (Å²) < 4.78 is 18.6. The maximum absolute atomic E-state index is 11.9. The van der Waals surface area contributed by atoms with Gasteiger partial charge >= 0.3 is 0 Å². The van der Waals surface area contributed by atoms with Crippen molar-refractivity contribution in [2.24, 2.45) is 0 Å². The molecule has 1 rings (SSSR count). The van der Waals surface area contributed by atoms with Crippen molar-refractivity contribution in [3.8, 4) is 12.3 Å². The Kier molecular flexibility index (Phi) is 2.95. The molecule has 0 radical (unpaired) electrons. The average Bonchev–Trinajstić information content (AvgIpc) is 2.10. The summed E-state index contributed by atoms with van der Waals surface area (Å²) in [5.74, 6) is 2.62. The molecule has 0 N–H and O–H groups in total. The van der Waals surface area contributed by atoms with Crippen molar-refractivity contribution in [2.45, 2.75) is 18.9 Å². The molecule has 1 aliphatic heterocycles. The van der Waals surface area contributed by atoms with Crippen LogP contribution in [0.25, 0.3) is 0 Å². The molecule has 1 fully saturated rings. The first kappa shape index (κ1) is 9.80. The molecule has 2 unspecified atom stereocenters. The van der Waals surface area contributed by atoms with Gasteiger partial charge in [0.15, 0.2) is 0 Å². The second-order valence-corrected chi connectivity index (χ2v) is 5.66. The first-order valence-corrected chi connectivity index (χ1v) is 5.74. The second-order valence-electron chi connectivity index (χ2n) is 2.94. The minimum Gasteiger partial charge on any atom is -0.321 e. The Bertz CT molecular complexity index is 246. The quantitative estimate of drug-likeness (QED) is 0.460. The lowest BCUT2D eigenvalue weighted by Gasteiger charge is -2.35. The van der Waals surface area contributed by atoms with Crippen molar-refractivity contribution in [1.29, 1.82) is 0 Å². The Morgan fingerprint density at radius 3 is 2.92 bits per heavy atom. The summed E-state index contributed by atoms with van der Waals surface area (Å²) in [6.07, 6.45) is 7.73. The highest BCUT2D eigenvalue weighted by molar-refractivity contribution is 7.56. The van der Waals surface area contributed by atoms with Crippen molar-refractivity contribution in [3.63, 3.8) is 0 Å². The zero-order valence-electron chi connectivity index (χ0n) is 7.49. The molecule has 1 heterocycles. The molecule has 1 aliphatic rings. The van der Waals surface area contributed by atoms with Gasteiger partial charge in [-0.05, 0) is 19.9 Å². The van der Waals surface area contributed by atoms with Crippen LogP contribution in [-0.2, 0) is 9.09 Å². The van der Waals surface area contributed by atoms with Crippen LogP contribution in [0.15, 0.2) is 0 Å². The van der Waals surface area contributed by atoms with Crippen molar-refractivity contribution in [1.82, 2.24) is 4.67 Å². The van der Waals surface area contributed by atoms with Crippen LogP contribution in [0.5, 0.6) is 0 Å². The van der Waals surface area contributed by atoms with Crippen LogP contribution in [0.2, 0.25) is 0 Å². The summed E-state index contributed by atoms with van der Waals surface area (Å²) in [6, 6.07) is -0.0236. The number of rotatable bonds is 1. The van der Waals surface area contributed by atoms with Crippen LogP contribution in [0.4, 0.5) is 0 Å². The molecular formula is C8H14NO2P. The summed E-state index contributed by atoms with van der Waals surface area (Å²) >= 11 is 0. The van der Waals surface area contributed by atoms with Gasteiger partial charge in [-0.15, -0.1) is 6.42 Å². The first-order valence-electron chi connectivity index (χ1n) is 3.98. The highest BCUT2D eigenvalue weighted by Gasteiger charge is 2.35. The summed E-state index contributed by atoms with van der Waals surface area (Å²) in [6.45, 7) is 0. The lowest BCUT2D eigenvalue weighted by atomic mass is 10.2. The molecule has 1 saturated heterocycles. The van der Waals surface area contributed by atoms with Gasteiger partial charge in [-0.25, -0.2) is 4.67 Å². The van der Waals surface area contributed by atoms with Gasteiger partial charge in [0.1, 0.15) is 0 Å². The predicted octanol–water partition coefficient (Wildman–Crippen LogP) is 1.55.